The highest BCUT2D eigenvalue weighted by atomic mass is 16.5. The summed E-state index contributed by atoms with van der Waals surface area (Å²) >= 11 is 0. The number of benzene rings is 1. The standard InChI is InChI=1S/C20H23N3O4/c1-4-26-15-6-7-16-17(12-19(24)27-18(16)11-15)20(25)21-8-5-9-23-14(3)10-13(2)22-23/h6-7,10-12H,4-5,8-9H2,1-3H3,(H,21,25). The highest BCUT2D eigenvalue weighted by molar-refractivity contribution is 6.05. The van der Waals surface area contributed by atoms with Crippen LogP contribution in [0.2, 0.25) is 0 Å². The number of carbonyl (C=O) groups is 1. The molecule has 0 unspecified atom stereocenters. The van der Waals surface area contributed by atoms with Crippen LogP contribution in [-0.4, -0.2) is 28.8 Å². The molecule has 3 aromatic rings. The molecular formula is C20H23N3O4. The lowest BCUT2D eigenvalue weighted by atomic mass is 10.1. The van der Waals surface area contributed by atoms with E-state index in [0.717, 1.165) is 24.4 Å². The molecule has 0 bridgehead atoms. The van der Waals surface area contributed by atoms with Crippen LogP contribution in [0.4, 0.5) is 0 Å². The summed E-state index contributed by atoms with van der Waals surface area (Å²) in [6.45, 7) is 7.53. The third-order valence-electron chi connectivity index (χ3n) is 4.21. The zero-order valence-electron chi connectivity index (χ0n) is 15.7. The number of aromatic nitrogens is 2. The maximum atomic E-state index is 12.6. The lowest BCUT2D eigenvalue weighted by Crippen LogP contribution is -2.26. The summed E-state index contributed by atoms with van der Waals surface area (Å²) in [5.74, 6) is 0.293. The first kappa shape index (κ1) is 18.7. The van der Waals surface area contributed by atoms with Gasteiger partial charge in [0.2, 0.25) is 0 Å². The second-order valence-corrected chi connectivity index (χ2v) is 6.33. The number of aryl methyl sites for hydroxylation is 3. The number of ether oxygens (including phenoxy) is 1. The number of rotatable bonds is 7. The van der Waals surface area contributed by atoms with Gasteiger partial charge in [-0.1, -0.05) is 0 Å². The number of hydrogen-bond acceptors (Lipinski definition) is 5. The van der Waals surface area contributed by atoms with Crippen LogP contribution in [-0.2, 0) is 6.54 Å². The molecule has 2 heterocycles. The fraction of sp³-hybridized carbons (Fsp3) is 0.350. The Labute approximate surface area is 156 Å². The smallest absolute Gasteiger partial charge is 0.337 e. The summed E-state index contributed by atoms with van der Waals surface area (Å²) in [7, 11) is 0. The summed E-state index contributed by atoms with van der Waals surface area (Å²) in [5.41, 5.74) is 2.14. The molecule has 142 valence electrons. The van der Waals surface area contributed by atoms with E-state index in [2.05, 4.69) is 10.4 Å². The summed E-state index contributed by atoms with van der Waals surface area (Å²) in [4.78, 5) is 24.4. The predicted molar refractivity (Wildman–Crippen MR) is 102 cm³/mol. The Hall–Kier alpha value is -3.09. The minimum Gasteiger partial charge on any atom is -0.494 e. The maximum Gasteiger partial charge on any atom is 0.337 e. The number of nitrogens with one attached hydrogen (secondary N) is 1. The molecule has 0 aliphatic carbocycles. The molecule has 0 radical (unpaired) electrons. The molecule has 0 aliphatic heterocycles. The molecule has 0 saturated carbocycles. The molecule has 3 rings (SSSR count). The molecule has 0 spiro atoms. The minimum atomic E-state index is -0.566. The first-order chi connectivity index (χ1) is 13.0. The van der Waals surface area contributed by atoms with Crippen molar-refractivity contribution >= 4 is 16.9 Å². The summed E-state index contributed by atoms with van der Waals surface area (Å²) in [6, 6.07) is 8.35. The van der Waals surface area contributed by atoms with Crippen LogP contribution in [0, 0.1) is 13.8 Å². The van der Waals surface area contributed by atoms with Crippen LogP contribution in [0.5, 0.6) is 5.75 Å². The van der Waals surface area contributed by atoms with Crippen molar-refractivity contribution in [2.24, 2.45) is 0 Å². The van der Waals surface area contributed by atoms with E-state index >= 15 is 0 Å². The second-order valence-electron chi connectivity index (χ2n) is 6.33. The topological polar surface area (TPSA) is 86.4 Å². The van der Waals surface area contributed by atoms with Crippen molar-refractivity contribution in [3.63, 3.8) is 0 Å². The number of carbonyl (C=O) groups excluding carboxylic acids is 1. The fourth-order valence-corrected chi connectivity index (χ4v) is 3.01. The molecule has 1 amide bonds. The molecular weight excluding hydrogens is 346 g/mol. The molecule has 7 heteroatoms. The predicted octanol–water partition coefficient (Wildman–Crippen LogP) is 2.83. The van der Waals surface area contributed by atoms with Crippen LogP contribution < -0.4 is 15.7 Å². The SMILES string of the molecule is CCOc1ccc2c(C(=O)NCCCn3nc(C)cc3C)cc(=O)oc2c1. The van der Waals surface area contributed by atoms with Gasteiger partial charge in [-0.05, 0) is 45.4 Å². The number of fused-ring (bicyclic) bond motifs is 1. The molecule has 0 aliphatic rings. The van der Waals surface area contributed by atoms with Crippen molar-refractivity contribution in [3.8, 4) is 5.75 Å². The normalized spacial score (nSPS) is 10.9. The van der Waals surface area contributed by atoms with Gasteiger partial charge in [0.15, 0.2) is 0 Å². The minimum absolute atomic E-state index is 0.301. The third-order valence-corrected chi connectivity index (χ3v) is 4.21. The molecule has 2 aromatic heterocycles. The Morgan fingerprint density at radius 3 is 2.78 bits per heavy atom. The molecule has 0 fully saturated rings. The molecule has 27 heavy (non-hydrogen) atoms. The van der Waals surface area contributed by atoms with Gasteiger partial charge in [-0.3, -0.25) is 9.48 Å². The summed E-state index contributed by atoms with van der Waals surface area (Å²) in [5, 5.41) is 7.84. The number of hydrogen-bond donors (Lipinski definition) is 1. The highest BCUT2D eigenvalue weighted by Crippen LogP contribution is 2.22. The zero-order chi connectivity index (χ0) is 19.4. The van der Waals surface area contributed by atoms with Gasteiger partial charge in [-0.25, -0.2) is 4.79 Å². The Morgan fingerprint density at radius 1 is 1.26 bits per heavy atom. The molecule has 7 nitrogen and oxygen atoms in total. The van der Waals surface area contributed by atoms with E-state index in [1.54, 1.807) is 18.2 Å². The van der Waals surface area contributed by atoms with Crippen molar-refractivity contribution in [3.05, 3.63) is 57.7 Å². The number of nitrogens with zero attached hydrogens (tertiary/aromatic N) is 2. The highest BCUT2D eigenvalue weighted by Gasteiger charge is 2.13. The lowest BCUT2D eigenvalue weighted by Gasteiger charge is -2.09. The lowest BCUT2D eigenvalue weighted by molar-refractivity contribution is 0.0953. The maximum absolute atomic E-state index is 12.6. The Kier molecular flexibility index (Phi) is 5.59. The van der Waals surface area contributed by atoms with E-state index in [9.17, 15) is 9.59 Å². The van der Waals surface area contributed by atoms with Gasteiger partial charge in [-0.15, -0.1) is 0 Å². The van der Waals surface area contributed by atoms with Crippen LogP contribution in [0.3, 0.4) is 0 Å². The Balaban J connectivity index is 1.69. The van der Waals surface area contributed by atoms with Gasteiger partial charge in [-0.2, -0.15) is 5.10 Å². The molecule has 0 saturated heterocycles. The summed E-state index contributed by atoms with van der Waals surface area (Å²) in [6.07, 6.45) is 0.738. The van der Waals surface area contributed by atoms with Crippen molar-refractivity contribution in [1.82, 2.24) is 15.1 Å². The van der Waals surface area contributed by atoms with Gasteiger partial charge in [0.25, 0.3) is 5.91 Å². The van der Waals surface area contributed by atoms with Crippen molar-refractivity contribution in [2.45, 2.75) is 33.7 Å². The summed E-state index contributed by atoms with van der Waals surface area (Å²) < 4.78 is 12.5. The van der Waals surface area contributed by atoms with Crippen LogP contribution >= 0.6 is 0 Å². The van der Waals surface area contributed by atoms with E-state index in [-0.39, 0.29) is 5.91 Å². The Morgan fingerprint density at radius 2 is 2.07 bits per heavy atom. The van der Waals surface area contributed by atoms with Crippen molar-refractivity contribution < 1.29 is 13.9 Å². The average molecular weight is 369 g/mol. The molecule has 1 aromatic carbocycles. The van der Waals surface area contributed by atoms with E-state index in [0.29, 0.717) is 35.4 Å². The van der Waals surface area contributed by atoms with Gasteiger partial charge in [0.05, 0.1) is 17.9 Å². The van der Waals surface area contributed by atoms with E-state index in [1.807, 2.05) is 31.5 Å². The zero-order valence-corrected chi connectivity index (χ0v) is 15.7. The van der Waals surface area contributed by atoms with Gasteiger partial charge in [0.1, 0.15) is 11.3 Å². The number of amides is 1. The third kappa shape index (κ3) is 4.36. The molecule has 1 N–H and O–H groups in total. The Bertz CT molecular complexity index is 1020. The first-order valence-corrected chi connectivity index (χ1v) is 8.98. The van der Waals surface area contributed by atoms with Gasteiger partial charge in [0, 0.05) is 36.3 Å². The first-order valence-electron chi connectivity index (χ1n) is 8.98. The second kappa shape index (κ2) is 8.07. The molecule has 0 atom stereocenters. The average Bonchev–Trinajstić information content (AvgIpc) is 2.95. The van der Waals surface area contributed by atoms with Gasteiger partial charge >= 0.3 is 5.63 Å². The van der Waals surface area contributed by atoms with Crippen molar-refractivity contribution in [1.29, 1.82) is 0 Å². The van der Waals surface area contributed by atoms with E-state index < -0.39 is 5.63 Å². The van der Waals surface area contributed by atoms with E-state index in [1.165, 1.54) is 6.07 Å². The van der Waals surface area contributed by atoms with E-state index in [4.69, 9.17) is 9.15 Å². The van der Waals surface area contributed by atoms with Crippen LogP contribution in [0.1, 0.15) is 35.1 Å². The van der Waals surface area contributed by atoms with Crippen molar-refractivity contribution in [2.75, 3.05) is 13.2 Å². The van der Waals surface area contributed by atoms with Crippen LogP contribution in [0.15, 0.2) is 39.5 Å². The fourth-order valence-electron chi connectivity index (χ4n) is 3.01. The largest absolute Gasteiger partial charge is 0.494 e. The van der Waals surface area contributed by atoms with Crippen LogP contribution in [0.25, 0.3) is 11.0 Å². The van der Waals surface area contributed by atoms with Gasteiger partial charge < -0.3 is 14.5 Å². The monoisotopic (exact) mass is 369 g/mol. The quantitative estimate of drug-likeness (QED) is 0.511.